The number of hydrogen-bond acceptors (Lipinski definition) is 3. The summed E-state index contributed by atoms with van der Waals surface area (Å²) < 4.78 is 20.8. The summed E-state index contributed by atoms with van der Waals surface area (Å²) in [6, 6.07) is 5.06. The van der Waals surface area contributed by atoms with Gasteiger partial charge in [-0.3, -0.25) is 0 Å². The summed E-state index contributed by atoms with van der Waals surface area (Å²) in [6.07, 6.45) is 2.89. The average molecular weight is 275 g/mol. The molecule has 106 valence electrons. The molecule has 0 saturated carbocycles. The van der Waals surface area contributed by atoms with Gasteiger partial charge in [0.1, 0.15) is 5.82 Å². The molecular formula is C15H18FN3O. The highest BCUT2D eigenvalue weighted by molar-refractivity contribution is 5.60. The van der Waals surface area contributed by atoms with E-state index in [0.29, 0.717) is 5.92 Å². The number of nitrogens with zero attached hydrogens (tertiary/aromatic N) is 2. The number of nitrogens with two attached hydrogens (primary N) is 1. The molecule has 1 aromatic heterocycles. The minimum Gasteiger partial charge on any atom is -0.494 e. The second-order valence-electron chi connectivity index (χ2n) is 5.38. The maximum Gasteiger partial charge on any atom is 0.165 e. The van der Waals surface area contributed by atoms with E-state index in [-0.39, 0.29) is 17.6 Å². The molecule has 2 unspecified atom stereocenters. The van der Waals surface area contributed by atoms with Gasteiger partial charge in [-0.1, -0.05) is 6.92 Å². The van der Waals surface area contributed by atoms with Crippen molar-refractivity contribution >= 4 is 0 Å². The van der Waals surface area contributed by atoms with Crippen LogP contribution in [-0.2, 0) is 6.54 Å². The average Bonchev–Trinajstić information content (AvgIpc) is 2.82. The molecule has 1 aliphatic rings. The van der Waals surface area contributed by atoms with E-state index in [4.69, 9.17) is 10.5 Å². The third-order valence-corrected chi connectivity index (χ3v) is 3.78. The molecule has 0 aliphatic carbocycles. The maximum absolute atomic E-state index is 13.8. The van der Waals surface area contributed by atoms with Crippen LogP contribution >= 0.6 is 0 Å². The summed E-state index contributed by atoms with van der Waals surface area (Å²) in [7, 11) is 1.45. The van der Waals surface area contributed by atoms with E-state index in [1.165, 1.54) is 13.2 Å². The lowest BCUT2D eigenvalue weighted by atomic mass is 9.98. The molecule has 0 fully saturated rings. The second kappa shape index (κ2) is 4.90. The van der Waals surface area contributed by atoms with E-state index < -0.39 is 0 Å². The lowest BCUT2D eigenvalue weighted by molar-refractivity contribution is 0.386. The van der Waals surface area contributed by atoms with Crippen LogP contribution in [0.3, 0.4) is 0 Å². The van der Waals surface area contributed by atoms with Crippen molar-refractivity contribution in [3.8, 4) is 17.0 Å². The number of benzene rings is 1. The minimum atomic E-state index is -0.374. The quantitative estimate of drug-likeness (QED) is 0.916. The van der Waals surface area contributed by atoms with E-state index in [1.807, 2.05) is 12.3 Å². The van der Waals surface area contributed by atoms with Gasteiger partial charge in [-0.25, -0.2) is 9.37 Å². The van der Waals surface area contributed by atoms with Gasteiger partial charge in [0.25, 0.3) is 0 Å². The van der Waals surface area contributed by atoms with E-state index in [9.17, 15) is 4.39 Å². The van der Waals surface area contributed by atoms with Crippen LogP contribution in [0.5, 0.6) is 5.75 Å². The number of fused-ring (bicyclic) bond motifs is 1. The fourth-order valence-electron chi connectivity index (χ4n) is 2.82. The van der Waals surface area contributed by atoms with Gasteiger partial charge in [0.2, 0.25) is 0 Å². The smallest absolute Gasteiger partial charge is 0.165 e. The molecule has 2 N–H and O–H groups in total. The van der Waals surface area contributed by atoms with Gasteiger partial charge in [0.15, 0.2) is 11.6 Å². The van der Waals surface area contributed by atoms with Gasteiger partial charge in [-0.05, 0) is 24.6 Å². The van der Waals surface area contributed by atoms with Gasteiger partial charge in [0.05, 0.1) is 12.8 Å². The first-order chi connectivity index (χ1) is 9.58. The van der Waals surface area contributed by atoms with Gasteiger partial charge < -0.3 is 15.0 Å². The van der Waals surface area contributed by atoms with E-state index in [2.05, 4.69) is 16.5 Å². The Morgan fingerprint density at radius 2 is 2.25 bits per heavy atom. The highest BCUT2D eigenvalue weighted by Crippen LogP contribution is 2.30. The Kier molecular flexibility index (Phi) is 3.22. The van der Waals surface area contributed by atoms with Crippen LogP contribution in [0.25, 0.3) is 11.3 Å². The molecule has 0 spiro atoms. The van der Waals surface area contributed by atoms with Gasteiger partial charge in [0, 0.05) is 30.3 Å². The van der Waals surface area contributed by atoms with Crippen LogP contribution in [0, 0.1) is 5.82 Å². The first-order valence-electron chi connectivity index (χ1n) is 6.75. The van der Waals surface area contributed by atoms with E-state index >= 15 is 0 Å². The van der Waals surface area contributed by atoms with Crippen LogP contribution in [-0.4, -0.2) is 22.7 Å². The highest BCUT2D eigenvalue weighted by Gasteiger charge is 2.24. The van der Waals surface area contributed by atoms with Crippen molar-refractivity contribution < 1.29 is 9.13 Å². The van der Waals surface area contributed by atoms with Crippen molar-refractivity contribution in [3.63, 3.8) is 0 Å². The largest absolute Gasteiger partial charge is 0.494 e. The Morgan fingerprint density at radius 1 is 1.45 bits per heavy atom. The molecule has 20 heavy (non-hydrogen) atoms. The number of ether oxygens (including phenoxy) is 1. The predicted octanol–water partition coefficient (Wildman–Crippen LogP) is 2.53. The van der Waals surface area contributed by atoms with Gasteiger partial charge in [-0.2, -0.15) is 0 Å². The van der Waals surface area contributed by atoms with Crippen molar-refractivity contribution in [2.24, 2.45) is 5.73 Å². The molecule has 1 aliphatic heterocycles. The number of rotatable bonds is 2. The molecule has 5 heteroatoms. The normalized spacial score (nSPS) is 21.6. The van der Waals surface area contributed by atoms with Crippen LogP contribution in [0.1, 0.15) is 25.1 Å². The topological polar surface area (TPSA) is 53.1 Å². The molecule has 0 bridgehead atoms. The Morgan fingerprint density at radius 3 is 2.95 bits per heavy atom. The van der Waals surface area contributed by atoms with Crippen LogP contribution in [0.4, 0.5) is 4.39 Å². The molecular weight excluding hydrogens is 257 g/mol. The SMILES string of the molecule is COc1ccc(-c2cn3c(n2)C(C)CC(N)C3)cc1F. The van der Waals surface area contributed by atoms with Gasteiger partial charge >= 0.3 is 0 Å². The molecule has 1 aromatic carbocycles. The zero-order valence-electron chi connectivity index (χ0n) is 11.6. The van der Waals surface area contributed by atoms with Crippen LogP contribution < -0.4 is 10.5 Å². The monoisotopic (exact) mass is 275 g/mol. The molecule has 3 rings (SSSR count). The van der Waals surface area contributed by atoms with Crippen molar-refractivity contribution in [1.82, 2.24) is 9.55 Å². The molecule has 2 heterocycles. The zero-order valence-corrected chi connectivity index (χ0v) is 11.6. The van der Waals surface area contributed by atoms with Crippen molar-refractivity contribution in [2.75, 3.05) is 7.11 Å². The fourth-order valence-corrected chi connectivity index (χ4v) is 2.82. The van der Waals surface area contributed by atoms with Gasteiger partial charge in [-0.15, -0.1) is 0 Å². The lowest BCUT2D eigenvalue weighted by Gasteiger charge is -2.25. The number of imidazole rings is 1. The Balaban J connectivity index is 1.99. The maximum atomic E-state index is 13.8. The van der Waals surface area contributed by atoms with Crippen LogP contribution in [0.2, 0.25) is 0 Å². The first kappa shape index (κ1) is 13.1. The summed E-state index contributed by atoms with van der Waals surface area (Å²) >= 11 is 0. The molecule has 0 amide bonds. The number of methoxy groups -OCH3 is 1. The summed E-state index contributed by atoms with van der Waals surface area (Å²) in [6.45, 7) is 2.89. The van der Waals surface area contributed by atoms with Crippen molar-refractivity contribution in [2.45, 2.75) is 31.8 Å². The summed E-state index contributed by atoms with van der Waals surface area (Å²) in [5.74, 6) is 1.22. The predicted molar refractivity (Wildman–Crippen MR) is 75.2 cm³/mol. The number of halogens is 1. The Labute approximate surface area is 117 Å². The van der Waals surface area contributed by atoms with Crippen molar-refractivity contribution in [3.05, 3.63) is 36.0 Å². The fraction of sp³-hybridized carbons (Fsp3) is 0.400. The van der Waals surface area contributed by atoms with E-state index in [1.54, 1.807) is 6.07 Å². The number of hydrogen-bond donors (Lipinski definition) is 1. The molecule has 4 nitrogen and oxygen atoms in total. The molecule has 2 atom stereocenters. The number of aromatic nitrogens is 2. The third kappa shape index (κ3) is 2.18. The van der Waals surface area contributed by atoms with Crippen molar-refractivity contribution in [1.29, 1.82) is 0 Å². The summed E-state index contributed by atoms with van der Waals surface area (Å²) in [4.78, 5) is 4.63. The molecule has 2 aromatic rings. The standard InChI is InChI=1S/C15H18FN3O/c1-9-5-11(17)7-19-8-13(18-15(9)19)10-3-4-14(20-2)12(16)6-10/h3-4,6,8-9,11H,5,7,17H2,1-2H3. The van der Waals surface area contributed by atoms with Crippen LogP contribution in [0.15, 0.2) is 24.4 Å². The lowest BCUT2D eigenvalue weighted by Crippen LogP contribution is -2.33. The zero-order chi connectivity index (χ0) is 14.3. The minimum absolute atomic E-state index is 0.159. The first-order valence-corrected chi connectivity index (χ1v) is 6.75. The third-order valence-electron chi connectivity index (χ3n) is 3.78. The molecule has 0 radical (unpaired) electrons. The highest BCUT2D eigenvalue weighted by atomic mass is 19.1. The summed E-state index contributed by atoms with van der Waals surface area (Å²) in [5, 5.41) is 0. The molecule has 0 saturated heterocycles. The Bertz CT molecular complexity index is 638. The second-order valence-corrected chi connectivity index (χ2v) is 5.38. The summed E-state index contributed by atoms with van der Waals surface area (Å²) in [5.41, 5.74) is 7.56. The van der Waals surface area contributed by atoms with E-state index in [0.717, 1.165) is 30.0 Å². The Hall–Kier alpha value is -1.88.